The van der Waals surface area contributed by atoms with Gasteiger partial charge in [-0.3, -0.25) is 0 Å². The molecule has 1 aromatic carbocycles. The summed E-state index contributed by atoms with van der Waals surface area (Å²) in [7, 11) is 1.78. The summed E-state index contributed by atoms with van der Waals surface area (Å²) in [5, 5.41) is 0. The normalized spacial score (nSPS) is 43.7. The highest BCUT2D eigenvalue weighted by molar-refractivity contribution is 5.41. The van der Waals surface area contributed by atoms with Gasteiger partial charge < -0.3 is 9.47 Å². The van der Waals surface area contributed by atoms with Gasteiger partial charge in [0.2, 0.25) is 0 Å². The Hall–Kier alpha value is -1.02. The van der Waals surface area contributed by atoms with Crippen LogP contribution in [0.5, 0.6) is 5.75 Å². The van der Waals surface area contributed by atoms with Crippen molar-refractivity contribution < 1.29 is 9.47 Å². The van der Waals surface area contributed by atoms with Gasteiger partial charge in [0.1, 0.15) is 5.75 Å². The summed E-state index contributed by atoms with van der Waals surface area (Å²) in [6.45, 7) is 3.44. The summed E-state index contributed by atoms with van der Waals surface area (Å²) in [5.74, 6) is 4.36. The number of benzene rings is 1. The maximum absolute atomic E-state index is 6.30. The molecule has 0 unspecified atom stereocenters. The minimum Gasteiger partial charge on any atom is -0.497 e. The van der Waals surface area contributed by atoms with Gasteiger partial charge in [-0.05, 0) is 85.5 Å². The van der Waals surface area contributed by atoms with Gasteiger partial charge in [0.05, 0.1) is 19.8 Å². The van der Waals surface area contributed by atoms with Crippen molar-refractivity contribution in [1.82, 2.24) is 0 Å². The van der Waals surface area contributed by atoms with Crippen molar-refractivity contribution >= 4 is 0 Å². The SMILES string of the molecule is CC[C@@]12[C@@H]3CO[C@H]1CC[C@H]2[C@@H]1CCc2cc(OC)ccc2[C@H]1C3. The Kier molecular flexibility index (Phi) is 3.11. The molecule has 3 aliphatic carbocycles. The summed E-state index contributed by atoms with van der Waals surface area (Å²) in [6, 6.07) is 6.83. The number of rotatable bonds is 2. The average molecular weight is 312 g/mol. The van der Waals surface area contributed by atoms with Gasteiger partial charge in [0.15, 0.2) is 0 Å². The Morgan fingerprint density at radius 1 is 1.26 bits per heavy atom. The molecule has 1 heterocycles. The molecule has 2 nitrogen and oxygen atoms in total. The Labute approximate surface area is 139 Å². The van der Waals surface area contributed by atoms with E-state index in [4.69, 9.17) is 9.47 Å². The molecule has 23 heavy (non-hydrogen) atoms. The number of aryl methyl sites for hydroxylation is 1. The minimum atomic E-state index is 0.519. The molecule has 124 valence electrons. The molecule has 2 saturated carbocycles. The molecule has 1 aliphatic heterocycles. The molecule has 4 aliphatic rings. The highest BCUT2D eigenvalue weighted by atomic mass is 16.5. The number of methoxy groups -OCH3 is 1. The first-order valence-electron chi connectivity index (χ1n) is 9.56. The van der Waals surface area contributed by atoms with Crippen LogP contribution >= 0.6 is 0 Å². The third-order valence-electron chi connectivity index (χ3n) is 7.97. The fraction of sp³-hybridized carbons (Fsp3) is 0.714. The lowest BCUT2D eigenvalue weighted by molar-refractivity contribution is -0.0123. The summed E-state index contributed by atoms with van der Waals surface area (Å²) >= 11 is 0. The number of hydrogen-bond acceptors (Lipinski definition) is 2. The molecule has 0 bridgehead atoms. The van der Waals surface area contributed by atoms with E-state index in [1.54, 1.807) is 18.2 Å². The highest BCUT2D eigenvalue weighted by Crippen LogP contribution is 2.67. The van der Waals surface area contributed by atoms with Crippen molar-refractivity contribution in [3.63, 3.8) is 0 Å². The van der Waals surface area contributed by atoms with E-state index in [2.05, 4.69) is 25.1 Å². The van der Waals surface area contributed by atoms with Crippen molar-refractivity contribution in [3.8, 4) is 5.75 Å². The zero-order valence-corrected chi connectivity index (χ0v) is 14.4. The average Bonchev–Trinajstić information content (AvgIpc) is 3.15. The monoisotopic (exact) mass is 312 g/mol. The van der Waals surface area contributed by atoms with Crippen molar-refractivity contribution in [1.29, 1.82) is 0 Å². The minimum absolute atomic E-state index is 0.519. The zero-order valence-electron chi connectivity index (χ0n) is 14.4. The summed E-state index contributed by atoms with van der Waals surface area (Å²) in [6.07, 6.45) is 8.57. The maximum Gasteiger partial charge on any atom is 0.119 e. The molecule has 1 saturated heterocycles. The standard InChI is InChI=1S/C21H28O2/c1-3-21-14-11-18-16-7-5-15(22-2)10-13(16)4-6-17(18)19(21)8-9-20(21)23-12-14/h5,7,10,14,17-20H,3-4,6,8-9,11-12H2,1-2H3/t14-,17+,18+,19-,20-,21-/m0/s1. The Bertz CT molecular complexity index is 624. The molecule has 6 atom stereocenters. The van der Waals surface area contributed by atoms with Crippen molar-refractivity contribution in [2.45, 2.75) is 57.5 Å². The van der Waals surface area contributed by atoms with Crippen LogP contribution in [0.3, 0.4) is 0 Å². The van der Waals surface area contributed by atoms with Crippen LogP contribution in [0.25, 0.3) is 0 Å². The van der Waals surface area contributed by atoms with Gasteiger partial charge in [-0.15, -0.1) is 0 Å². The first-order valence-corrected chi connectivity index (χ1v) is 9.56. The number of fused-ring (bicyclic) bond motifs is 4. The third kappa shape index (κ3) is 1.74. The second-order valence-electron chi connectivity index (χ2n) is 8.28. The second kappa shape index (κ2) is 4.99. The van der Waals surface area contributed by atoms with E-state index in [0.29, 0.717) is 11.5 Å². The van der Waals surface area contributed by atoms with Crippen molar-refractivity contribution in [2.24, 2.45) is 23.2 Å². The predicted octanol–water partition coefficient (Wildman–Crippen LogP) is 4.57. The van der Waals surface area contributed by atoms with E-state index in [-0.39, 0.29) is 0 Å². The Morgan fingerprint density at radius 2 is 2.17 bits per heavy atom. The number of hydrogen-bond donors (Lipinski definition) is 0. The second-order valence-corrected chi connectivity index (χ2v) is 8.28. The molecule has 0 aromatic heterocycles. The summed E-state index contributed by atoms with van der Waals surface area (Å²) in [4.78, 5) is 0. The molecular formula is C21H28O2. The van der Waals surface area contributed by atoms with E-state index in [1.165, 1.54) is 38.5 Å². The molecule has 1 aromatic rings. The lowest BCUT2D eigenvalue weighted by Crippen LogP contribution is -2.48. The topological polar surface area (TPSA) is 18.5 Å². The Morgan fingerprint density at radius 3 is 3.00 bits per heavy atom. The summed E-state index contributed by atoms with van der Waals surface area (Å²) in [5.41, 5.74) is 3.69. The third-order valence-corrected chi connectivity index (χ3v) is 7.97. The van der Waals surface area contributed by atoms with Gasteiger partial charge >= 0.3 is 0 Å². The summed E-state index contributed by atoms with van der Waals surface area (Å²) < 4.78 is 11.7. The predicted molar refractivity (Wildman–Crippen MR) is 90.8 cm³/mol. The van der Waals surface area contributed by atoms with Crippen molar-refractivity contribution in [3.05, 3.63) is 29.3 Å². The number of ether oxygens (including phenoxy) is 2. The lowest BCUT2D eigenvalue weighted by Gasteiger charge is -2.52. The smallest absolute Gasteiger partial charge is 0.119 e. The van der Waals surface area contributed by atoms with Gasteiger partial charge in [0.25, 0.3) is 0 Å². The van der Waals surface area contributed by atoms with E-state index >= 15 is 0 Å². The highest BCUT2D eigenvalue weighted by Gasteiger charge is 2.63. The quantitative estimate of drug-likeness (QED) is 0.796. The molecule has 3 fully saturated rings. The molecule has 5 rings (SSSR count). The van der Waals surface area contributed by atoms with E-state index in [9.17, 15) is 0 Å². The van der Waals surface area contributed by atoms with Crippen LogP contribution in [0.1, 0.15) is 56.1 Å². The van der Waals surface area contributed by atoms with Crippen LogP contribution in [0.4, 0.5) is 0 Å². The molecule has 0 amide bonds. The largest absolute Gasteiger partial charge is 0.497 e. The first-order chi connectivity index (χ1) is 11.3. The van der Waals surface area contributed by atoms with Crippen molar-refractivity contribution in [2.75, 3.05) is 13.7 Å². The van der Waals surface area contributed by atoms with Crippen LogP contribution in [0.2, 0.25) is 0 Å². The van der Waals surface area contributed by atoms with Crippen LogP contribution in [0, 0.1) is 23.2 Å². The van der Waals surface area contributed by atoms with Gasteiger partial charge in [-0.1, -0.05) is 13.0 Å². The zero-order chi connectivity index (χ0) is 15.6. The molecule has 0 spiro atoms. The fourth-order valence-electron chi connectivity index (χ4n) is 7.11. The van der Waals surface area contributed by atoms with Gasteiger partial charge in [0, 0.05) is 5.41 Å². The van der Waals surface area contributed by atoms with Crippen LogP contribution < -0.4 is 4.74 Å². The maximum atomic E-state index is 6.30. The molecule has 2 heteroatoms. The van der Waals surface area contributed by atoms with Gasteiger partial charge in [-0.25, -0.2) is 0 Å². The lowest BCUT2D eigenvalue weighted by atomic mass is 9.51. The molecule has 0 radical (unpaired) electrons. The first kappa shape index (κ1) is 14.3. The van der Waals surface area contributed by atoms with E-state index in [0.717, 1.165) is 36.0 Å². The molecular weight excluding hydrogens is 284 g/mol. The van der Waals surface area contributed by atoms with E-state index in [1.807, 2.05) is 0 Å². The van der Waals surface area contributed by atoms with E-state index < -0.39 is 0 Å². The van der Waals surface area contributed by atoms with Crippen LogP contribution in [-0.4, -0.2) is 19.8 Å². The fourth-order valence-corrected chi connectivity index (χ4v) is 7.11. The molecule has 0 N–H and O–H groups in total. The van der Waals surface area contributed by atoms with Crippen LogP contribution in [0.15, 0.2) is 18.2 Å². The van der Waals surface area contributed by atoms with Crippen LogP contribution in [-0.2, 0) is 11.2 Å². The van der Waals surface area contributed by atoms with Gasteiger partial charge in [-0.2, -0.15) is 0 Å². The Balaban J connectivity index is 1.56.